The first-order valence-electron chi connectivity index (χ1n) is 13.3. The van der Waals surface area contributed by atoms with E-state index in [9.17, 15) is 4.79 Å². The first-order chi connectivity index (χ1) is 18.7. The van der Waals surface area contributed by atoms with Crippen molar-refractivity contribution in [3.8, 4) is 11.4 Å². The van der Waals surface area contributed by atoms with E-state index in [0.717, 1.165) is 78.4 Å². The molecule has 0 unspecified atom stereocenters. The molecular formula is C30H33N6O2. The van der Waals surface area contributed by atoms with Crippen molar-refractivity contribution >= 4 is 22.5 Å². The fourth-order valence-electron chi connectivity index (χ4n) is 5.24. The van der Waals surface area contributed by atoms with Crippen molar-refractivity contribution in [3.05, 3.63) is 84.7 Å². The van der Waals surface area contributed by atoms with E-state index >= 15 is 0 Å². The number of ether oxygens (including phenoxy) is 1. The van der Waals surface area contributed by atoms with E-state index < -0.39 is 0 Å². The molecule has 0 aliphatic carbocycles. The molecule has 0 N–H and O–H groups in total. The Morgan fingerprint density at radius 1 is 1.00 bits per heavy atom. The summed E-state index contributed by atoms with van der Waals surface area (Å²) in [6, 6.07) is 18.5. The minimum atomic E-state index is 0.0240. The molecule has 2 aliphatic rings. The van der Waals surface area contributed by atoms with Gasteiger partial charge in [0.25, 0.3) is 5.91 Å². The Bertz CT molecular complexity index is 1420. The number of carbonyl (C=O) groups is 1. The molecule has 195 valence electrons. The summed E-state index contributed by atoms with van der Waals surface area (Å²) in [5.74, 6) is 0.792. The standard InChI is InChI=1S/C30H33N6O2/c1-23-20-24-8-5-12-31-28(24)29(30(23)38-22-27(37)34-14-7-15-34)35-16-6-13-33(18-19-35)21-25-11-17-36(32-25)26-9-3-2-4-10-26/h2-5,7-12,17,20H,6,13-16,18-19,21-22H2,1H3. The summed E-state index contributed by atoms with van der Waals surface area (Å²) in [6.07, 6.45) is 6.97. The highest BCUT2D eigenvalue weighted by Crippen LogP contribution is 2.39. The first kappa shape index (κ1) is 24.4. The van der Waals surface area contributed by atoms with E-state index in [0.29, 0.717) is 13.1 Å². The van der Waals surface area contributed by atoms with E-state index in [2.05, 4.69) is 53.5 Å². The summed E-state index contributed by atoms with van der Waals surface area (Å²) in [4.78, 5) is 24.0. The number of benzene rings is 2. The van der Waals surface area contributed by atoms with Crippen LogP contribution < -0.4 is 9.64 Å². The SMILES string of the molecule is Cc1cc2cccnc2c(N2CCCN(Cc3ccn(-c4ccccc4)n3)CC2)c1OCC(=O)N1C[CH]C1. The summed E-state index contributed by atoms with van der Waals surface area (Å²) < 4.78 is 8.18. The van der Waals surface area contributed by atoms with Crippen molar-refractivity contribution in [3.63, 3.8) is 0 Å². The van der Waals surface area contributed by atoms with Crippen molar-refractivity contribution in [2.75, 3.05) is 50.8 Å². The Balaban J connectivity index is 1.20. The monoisotopic (exact) mass is 509 g/mol. The van der Waals surface area contributed by atoms with Gasteiger partial charge in [-0.05, 0) is 49.2 Å². The highest BCUT2D eigenvalue weighted by molar-refractivity contribution is 5.95. The van der Waals surface area contributed by atoms with E-state index in [-0.39, 0.29) is 12.5 Å². The normalized spacial score (nSPS) is 16.3. The highest BCUT2D eigenvalue weighted by Gasteiger charge is 2.25. The van der Waals surface area contributed by atoms with Crippen molar-refractivity contribution < 1.29 is 9.53 Å². The van der Waals surface area contributed by atoms with Gasteiger partial charge >= 0.3 is 0 Å². The molecular weight excluding hydrogens is 476 g/mol. The van der Waals surface area contributed by atoms with E-state index in [4.69, 9.17) is 14.8 Å². The quantitative estimate of drug-likeness (QED) is 0.377. The molecule has 6 rings (SSSR count). The highest BCUT2D eigenvalue weighted by atomic mass is 16.5. The van der Waals surface area contributed by atoms with Gasteiger partial charge in [0.15, 0.2) is 6.61 Å². The van der Waals surface area contributed by atoms with Crippen LogP contribution in [-0.4, -0.2) is 76.3 Å². The molecule has 8 nitrogen and oxygen atoms in total. The summed E-state index contributed by atoms with van der Waals surface area (Å²) in [5, 5.41) is 5.90. The number of fused-ring (bicyclic) bond motifs is 1. The number of nitrogens with zero attached hydrogens (tertiary/aromatic N) is 6. The third-order valence-corrected chi connectivity index (χ3v) is 7.36. The zero-order valence-electron chi connectivity index (χ0n) is 21.8. The molecule has 0 atom stereocenters. The zero-order chi connectivity index (χ0) is 25.9. The number of hydrogen-bond acceptors (Lipinski definition) is 6. The molecule has 0 saturated carbocycles. The van der Waals surface area contributed by atoms with Gasteiger partial charge in [-0.1, -0.05) is 24.3 Å². The van der Waals surface area contributed by atoms with Gasteiger partial charge in [0.2, 0.25) is 0 Å². The molecule has 4 aromatic rings. The maximum Gasteiger partial charge on any atom is 0.260 e. The third-order valence-electron chi connectivity index (χ3n) is 7.36. The number of rotatable bonds is 7. The van der Waals surface area contributed by atoms with E-state index in [1.54, 1.807) is 4.90 Å². The minimum absolute atomic E-state index is 0.0240. The molecule has 38 heavy (non-hydrogen) atoms. The molecule has 2 aromatic heterocycles. The van der Waals surface area contributed by atoms with Crippen molar-refractivity contribution in [2.45, 2.75) is 19.9 Å². The van der Waals surface area contributed by atoms with Gasteiger partial charge in [0, 0.05) is 70.0 Å². The average molecular weight is 510 g/mol. The Kier molecular flexibility index (Phi) is 6.96. The molecule has 1 radical (unpaired) electrons. The molecule has 2 saturated heterocycles. The van der Waals surface area contributed by atoms with Gasteiger partial charge in [0.05, 0.1) is 16.9 Å². The molecule has 4 heterocycles. The fraction of sp³-hybridized carbons (Fsp3) is 0.333. The van der Waals surface area contributed by atoms with Gasteiger partial charge in [-0.25, -0.2) is 4.68 Å². The summed E-state index contributed by atoms with van der Waals surface area (Å²) in [5.41, 5.74) is 5.08. The summed E-state index contributed by atoms with van der Waals surface area (Å²) >= 11 is 0. The average Bonchev–Trinajstić information content (AvgIpc) is 3.25. The molecule has 1 amide bonds. The van der Waals surface area contributed by atoms with Crippen LogP contribution >= 0.6 is 0 Å². The fourth-order valence-corrected chi connectivity index (χ4v) is 5.24. The Labute approximate surface area is 223 Å². The Morgan fingerprint density at radius 2 is 1.87 bits per heavy atom. The lowest BCUT2D eigenvalue weighted by Crippen LogP contribution is -2.45. The maximum atomic E-state index is 12.6. The van der Waals surface area contributed by atoms with Gasteiger partial charge in [-0.2, -0.15) is 5.10 Å². The summed E-state index contributed by atoms with van der Waals surface area (Å²) in [6.45, 7) is 7.97. The second kappa shape index (κ2) is 10.8. The van der Waals surface area contributed by atoms with Crippen LogP contribution in [0.15, 0.2) is 67.0 Å². The molecule has 2 aromatic carbocycles. The number of amides is 1. The van der Waals surface area contributed by atoms with Crippen LogP contribution in [0.25, 0.3) is 16.6 Å². The number of aryl methyl sites for hydroxylation is 1. The Hall–Kier alpha value is -3.91. The number of hydrogen-bond donors (Lipinski definition) is 0. The predicted octanol–water partition coefficient (Wildman–Crippen LogP) is 3.87. The van der Waals surface area contributed by atoms with E-state index in [1.807, 2.05) is 41.3 Å². The smallest absolute Gasteiger partial charge is 0.260 e. The molecule has 0 bridgehead atoms. The summed E-state index contributed by atoms with van der Waals surface area (Å²) in [7, 11) is 0. The van der Waals surface area contributed by atoms with Crippen molar-refractivity contribution in [2.24, 2.45) is 0 Å². The van der Waals surface area contributed by atoms with Crippen LogP contribution in [0.2, 0.25) is 0 Å². The van der Waals surface area contributed by atoms with Crippen LogP contribution in [0.4, 0.5) is 5.69 Å². The Morgan fingerprint density at radius 3 is 2.68 bits per heavy atom. The van der Waals surface area contributed by atoms with Crippen LogP contribution in [0.5, 0.6) is 5.75 Å². The van der Waals surface area contributed by atoms with Crippen LogP contribution in [-0.2, 0) is 11.3 Å². The van der Waals surface area contributed by atoms with Crippen LogP contribution in [0.1, 0.15) is 17.7 Å². The molecule has 2 aliphatic heterocycles. The molecule has 2 fully saturated rings. The first-order valence-corrected chi connectivity index (χ1v) is 13.3. The van der Waals surface area contributed by atoms with Gasteiger partial charge in [-0.3, -0.25) is 14.7 Å². The van der Waals surface area contributed by atoms with Crippen LogP contribution in [0, 0.1) is 13.3 Å². The number of likely N-dealkylation sites (tertiary alicyclic amines) is 1. The minimum Gasteiger partial charge on any atom is -0.481 e. The lowest BCUT2D eigenvalue weighted by molar-refractivity contribution is -0.134. The number of aromatic nitrogens is 3. The lowest BCUT2D eigenvalue weighted by atomic mass is 10.1. The van der Waals surface area contributed by atoms with Gasteiger partial charge in [0.1, 0.15) is 11.4 Å². The van der Waals surface area contributed by atoms with E-state index in [1.165, 1.54) is 0 Å². The second-order valence-electron chi connectivity index (χ2n) is 10.0. The number of para-hydroxylation sites is 1. The van der Waals surface area contributed by atoms with Crippen LogP contribution in [0.3, 0.4) is 0 Å². The lowest BCUT2D eigenvalue weighted by Gasteiger charge is -2.31. The van der Waals surface area contributed by atoms with Gasteiger partial charge in [-0.15, -0.1) is 0 Å². The van der Waals surface area contributed by atoms with Crippen molar-refractivity contribution in [1.29, 1.82) is 0 Å². The largest absolute Gasteiger partial charge is 0.481 e. The molecule has 8 heteroatoms. The zero-order valence-corrected chi connectivity index (χ0v) is 21.8. The topological polar surface area (TPSA) is 66.7 Å². The number of pyridine rings is 1. The third kappa shape index (κ3) is 5.09. The second-order valence-corrected chi connectivity index (χ2v) is 10.0. The number of carbonyl (C=O) groups excluding carboxylic acids is 1. The van der Waals surface area contributed by atoms with Gasteiger partial charge < -0.3 is 14.5 Å². The van der Waals surface area contributed by atoms with Crippen molar-refractivity contribution in [1.82, 2.24) is 24.6 Å². The molecule has 0 spiro atoms. The maximum absolute atomic E-state index is 12.6. The number of anilines is 1. The predicted molar refractivity (Wildman–Crippen MR) is 149 cm³/mol.